The van der Waals surface area contributed by atoms with E-state index in [0.717, 1.165) is 23.4 Å². The molecule has 0 radical (unpaired) electrons. The van der Waals surface area contributed by atoms with Gasteiger partial charge in [0.15, 0.2) is 0 Å². The Morgan fingerprint density at radius 2 is 1.41 bits per heavy atom. The number of hydrogen-bond donors (Lipinski definition) is 1. The molecule has 2 atom stereocenters. The van der Waals surface area contributed by atoms with Crippen LogP contribution in [0.1, 0.15) is 45.4 Å². The minimum absolute atomic E-state index is 0.0576. The highest BCUT2D eigenvalue weighted by Gasteiger charge is 2.56. The summed E-state index contributed by atoms with van der Waals surface area (Å²) in [4.78, 5) is 11.2. The lowest BCUT2D eigenvalue weighted by Gasteiger charge is -2.60. The topological polar surface area (TPSA) is 49.8 Å². The van der Waals surface area contributed by atoms with Gasteiger partial charge in [0.1, 0.15) is 5.75 Å². The summed E-state index contributed by atoms with van der Waals surface area (Å²) in [6.45, 7) is 2.15. The number of rotatable bonds is 6. The van der Waals surface area contributed by atoms with E-state index in [1.807, 2.05) is 48.5 Å². The van der Waals surface area contributed by atoms with E-state index >= 15 is 0 Å². The molecule has 0 aliphatic heterocycles. The summed E-state index contributed by atoms with van der Waals surface area (Å²) in [6.07, 6.45) is 7.59. The predicted molar refractivity (Wildman–Crippen MR) is 116 cm³/mol. The first-order chi connectivity index (χ1) is 14.0. The quantitative estimate of drug-likeness (QED) is 0.569. The van der Waals surface area contributed by atoms with Crippen molar-refractivity contribution in [2.75, 3.05) is 4.67 Å². The fourth-order valence-electron chi connectivity index (χ4n) is 6.78. The molecular formula is C24H30NO3P. The Balaban J connectivity index is 1.52. The van der Waals surface area contributed by atoms with E-state index in [9.17, 15) is 9.46 Å². The molecule has 2 unspecified atom stereocenters. The molecule has 29 heavy (non-hydrogen) atoms. The molecule has 154 valence electrons. The molecule has 6 rings (SSSR count). The van der Waals surface area contributed by atoms with Crippen molar-refractivity contribution < 1.29 is 14.0 Å². The number of nitrogens with zero attached hydrogens (tertiary/aromatic N) is 1. The van der Waals surface area contributed by atoms with Gasteiger partial charge in [0.05, 0.1) is 0 Å². The van der Waals surface area contributed by atoms with Crippen LogP contribution < -0.4 is 9.19 Å². The third-order valence-corrected chi connectivity index (χ3v) is 9.17. The summed E-state index contributed by atoms with van der Waals surface area (Å²) in [7, 11) is -4.09. The molecule has 4 bridgehead atoms. The average Bonchev–Trinajstić information content (AvgIpc) is 2.68. The molecule has 1 N–H and O–H groups in total. The zero-order valence-electron chi connectivity index (χ0n) is 17.0. The van der Waals surface area contributed by atoms with Crippen molar-refractivity contribution in [1.82, 2.24) is 0 Å². The lowest BCUT2D eigenvalue weighted by Crippen LogP contribution is -2.55. The van der Waals surface area contributed by atoms with E-state index in [-0.39, 0.29) is 11.5 Å². The molecule has 5 heteroatoms. The molecule has 0 aromatic heterocycles. The Morgan fingerprint density at radius 3 is 1.93 bits per heavy atom. The van der Waals surface area contributed by atoms with Crippen molar-refractivity contribution in [3.63, 3.8) is 0 Å². The van der Waals surface area contributed by atoms with Crippen molar-refractivity contribution in [2.45, 2.75) is 51.5 Å². The van der Waals surface area contributed by atoms with Gasteiger partial charge in [0, 0.05) is 11.7 Å². The van der Waals surface area contributed by atoms with Gasteiger partial charge in [-0.2, -0.15) is 0 Å². The van der Waals surface area contributed by atoms with Crippen molar-refractivity contribution in [3.8, 4) is 5.75 Å². The Kier molecular flexibility index (Phi) is 4.75. The zero-order chi connectivity index (χ0) is 20.1. The largest absolute Gasteiger partial charge is 0.486 e. The molecule has 4 fully saturated rings. The van der Waals surface area contributed by atoms with Gasteiger partial charge in [-0.3, -0.25) is 9.56 Å². The number of para-hydroxylation sites is 2. The summed E-state index contributed by atoms with van der Waals surface area (Å²) in [5.74, 6) is 2.79. The summed E-state index contributed by atoms with van der Waals surface area (Å²) in [5, 5.41) is 0. The normalized spacial score (nSPS) is 33.1. The van der Waals surface area contributed by atoms with Gasteiger partial charge >= 0.3 is 7.75 Å². The van der Waals surface area contributed by atoms with E-state index < -0.39 is 7.75 Å². The Bertz CT molecular complexity index is 866. The predicted octanol–water partition coefficient (Wildman–Crippen LogP) is 6.28. The van der Waals surface area contributed by atoms with Gasteiger partial charge in [-0.25, -0.2) is 4.57 Å². The van der Waals surface area contributed by atoms with Gasteiger partial charge in [-0.05, 0) is 92.9 Å². The van der Waals surface area contributed by atoms with Crippen LogP contribution >= 0.6 is 7.75 Å². The first-order valence-electron chi connectivity index (χ1n) is 10.9. The Labute approximate surface area is 173 Å². The Morgan fingerprint density at radius 1 is 0.931 bits per heavy atom. The van der Waals surface area contributed by atoms with Gasteiger partial charge < -0.3 is 4.52 Å². The minimum Gasteiger partial charge on any atom is -0.409 e. The maximum Gasteiger partial charge on any atom is 0.486 e. The number of benzene rings is 2. The smallest absolute Gasteiger partial charge is 0.409 e. The highest BCUT2D eigenvalue weighted by molar-refractivity contribution is 7.55. The fourth-order valence-corrected chi connectivity index (χ4v) is 8.37. The highest BCUT2D eigenvalue weighted by Crippen LogP contribution is 2.64. The van der Waals surface area contributed by atoms with Gasteiger partial charge in [-0.15, -0.1) is 0 Å². The van der Waals surface area contributed by atoms with Crippen LogP contribution in [-0.2, 0) is 4.57 Å². The van der Waals surface area contributed by atoms with Crippen LogP contribution in [0.2, 0.25) is 0 Å². The number of anilines is 1. The van der Waals surface area contributed by atoms with E-state index in [2.05, 4.69) is 6.92 Å². The molecule has 0 spiro atoms. The van der Waals surface area contributed by atoms with Crippen LogP contribution in [0.5, 0.6) is 5.75 Å². The molecule has 4 nitrogen and oxygen atoms in total. The van der Waals surface area contributed by atoms with E-state index in [0.29, 0.717) is 5.75 Å². The van der Waals surface area contributed by atoms with Gasteiger partial charge in [0.2, 0.25) is 0 Å². The second-order valence-corrected chi connectivity index (χ2v) is 11.1. The molecule has 0 heterocycles. The third-order valence-electron chi connectivity index (χ3n) is 7.60. The monoisotopic (exact) mass is 411 g/mol. The third kappa shape index (κ3) is 3.51. The summed E-state index contributed by atoms with van der Waals surface area (Å²) in [5.41, 5.74) is 0.862. The first-order valence-corrected chi connectivity index (χ1v) is 12.4. The van der Waals surface area contributed by atoms with Crippen LogP contribution in [0.25, 0.3) is 0 Å². The fraction of sp³-hybridized carbons (Fsp3) is 0.500. The van der Waals surface area contributed by atoms with Crippen LogP contribution in [0.3, 0.4) is 0 Å². The first kappa shape index (κ1) is 19.2. The van der Waals surface area contributed by atoms with Gasteiger partial charge in [0.25, 0.3) is 0 Å². The number of hydrogen-bond acceptors (Lipinski definition) is 2. The highest BCUT2D eigenvalue weighted by atomic mass is 31.2. The molecule has 2 aromatic rings. The van der Waals surface area contributed by atoms with E-state index in [4.69, 9.17) is 4.52 Å². The lowest BCUT2D eigenvalue weighted by atomic mass is 9.48. The molecule has 2 aromatic carbocycles. The maximum absolute atomic E-state index is 13.7. The van der Waals surface area contributed by atoms with Crippen molar-refractivity contribution in [1.29, 1.82) is 0 Å². The van der Waals surface area contributed by atoms with Crippen molar-refractivity contribution in [3.05, 3.63) is 60.7 Å². The minimum atomic E-state index is -4.09. The van der Waals surface area contributed by atoms with Gasteiger partial charge in [-0.1, -0.05) is 36.4 Å². The van der Waals surface area contributed by atoms with Crippen LogP contribution in [0, 0.1) is 23.2 Å². The standard InChI is InChI=1S/C24H30NO3P/c1-18(24-15-19-12-20(16-24)14-21(13-19)17-24)25(22-8-4-2-5-9-22)29(26,27)28-23-10-6-3-7-11-23/h2-11,18-21H,12-17H2,1H3,(H,26,27). The molecule has 0 amide bonds. The Hall–Kier alpha value is -1.77. The van der Waals surface area contributed by atoms with Crippen LogP contribution in [-0.4, -0.2) is 10.9 Å². The second kappa shape index (κ2) is 7.18. The maximum atomic E-state index is 13.7. The molecule has 4 aliphatic carbocycles. The van der Waals surface area contributed by atoms with E-state index in [1.54, 1.807) is 16.8 Å². The molecule has 4 aliphatic rings. The summed E-state index contributed by atoms with van der Waals surface area (Å²) in [6, 6.07) is 18.6. The van der Waals surface area contributed by atoms with Crippen molar-refractivity contribution >= 4 is 13.4 Å². The van der Waals surface area contributed by atoms with Crippen molar-refractivity contribution in [2.24, 2.45) is 23.2 Å². The second-order valence-electron chi connectivity index (χ2n) is 9.53. The summed E-state index contributed by atoms with van der Waals surface area (Å²) < 4.78 is 21.1. The summed E-state index contributed by atoms with van der Waals surface area (Å²) >= 11 is 0. The van der Waals surface area contributed by atoms with Crippen LogP contribution in [0.15, 0.2) is 60.7 Å². The average molecular weight is 411 g/mol. The molecule has 0 saturated heterocycles. The molecule has 4 saturated carbocycles. The molecular weight excluding hydrogens is 381 g/mol. The van der Waals surface area contributed by atoms with E-state index in [1.165, 1.54) is 38.5 Å². The van der Waals surface area contributed by atoms with Crippen LogP contribution in [0.4, 0.5) is 5.69 Å². The SMILES string of the molecule is CC(N(c1ccccc1)P(=O)(O)Oc1ccccc1)C12CC3CC(CC(C3)C1)C2. The zero-order valence-corrected chi connectivity index (χ0v) is 17.9. The lowest BCUT2D eigenvalue weighted by molar-refractivity contribution is -0.0633.